The molecule has 0 saturated carbocycles. The first kappa shape index (κ1) is 25.4. The number of anilines is 1. The molecule has 188 valence electrons. The number of amides is 1. The van der Waals surface area contributed by atoms with Crippen LogP contribution in [0.1, 0.15) is 59.0 Å². The van der Waals surface area contributed by atoms with E-state index >= 15 is 0 Å². The van der Waals surface area contributed by atoms with Gasteiger partial charge in [-0.15, -0.1) is 0 Å². The van der Waals surface area contributed by atoms with Crippen LogP contribution in [0.4, 0.5) is 18.9 Å². The van der Waals surface area contributed by atoms with E-state index in [9.17, 15) is 27.6 Å². The third-order valence-corrected chi connectivity index (χ3v) is 6.43. The zero-order valence-corrected chi connectivity index (χ0v) is 19.4. The average Bonchev–Trinajstić information content (AvgIpc) is 2.98. The lowest BCUT2D eigenvalue weighted by Crippen LogP contribution is -2.41. The number of para-hydroxylation sites is 1. The molecule has 0 saturated heterocycles. The van der Waals surface area contributed by atoms with Crippen molar-refractivity contribution in [3.05, 3.63) is 64.7 Å². The molecule has 36 heavy (non-hydrogen) atoms. The van der Waals surface area contributed by atoms with Crippen LogP contribution in [0.5, 0.6) is 0 Å². The van der Waals surface area contributed by atoms with E-state index in [1.807, 2.05) is 6.07 Å². The fourth-order valence-corrected chi connectivity index (χ4v) is 4.65. The number of ether oxygens (including phenoxy) is 1. The molecule has 0 bridgehead atoms. The van der Waals surface area contributed by atoms with Crippen LogP contribution >= 0.6 is 0 Å². The number of Topliss-reactive ketones (excluding diaryl/α,β-unsaturated/α-hetero) is 1. The fraction of sp³-hybridized carbons (Fsp3) is 0.385. The van der Waals surface area contributed by atoms with E-state index < -0.39 is 18.4 Å². The van der Waals surface area contributed by atoms with Gasteiger partial charge in [-0.3, -0.25) is 14.5 Å². The van der Waals surface area contributed by atoms with Crippen molar-refractivity contribution < 1.29 is 32.3 Å². The number of nitrogens with zero attached hydrogens (tertiary/aromatic N) is 3. The quantitative estimate of drug-likeness (QED) is 0.435. The Morgan fingerprint density at radius 1 is 1.06 bits per heavy atom. The van der Waals surface area contributed by atoms with Crippen molar-refractivity contribution in [2.75, 3.05) is 24.5 Å². The molecule has 0 spiro atoms. The molecule has 4 rings (SSSR count). The number of esters is 1. The third-order valence-electron chi connectivity index (χ3n) is 6.43. The second-order valence-corrected chi connectivity index (χ2v) is 8.76. The first-order chi connectivity index (χ1) is 17.2. The minimum atomic E-state index is -5.13. The molecule has 7 nitrogen and oxygen atoms in total. The molecule has 2 heterocycles. The molecule has 2 aromatic rings. The number of carbonyl (C=O) groups excluding carboxylic acids is 3. The van der Waals surface area contributed by atoms with Gasteiger partial charge in [0.15, 0.2) is 12.0 Å². The van der Waals surface area contributed by atoms with Gasteiger partial charge >= 0.3 is 12.1 Å². The van der Waals surface area contributed by atoms with E-state index in [-0.39, 0.29) is 24.5 Å². The summed E-state index contributed by atoms with van der Waals surface area (Å²) in [7, 11) is 0. The number of hydrogen-bond donors (Lipinski definition) is 0. The summed E-state index contributed by atoms with van der Waals surface area (Å²) in [5.74, 6) is -2.50. The van der Waals surface area contributed by atoms with E-state index in [1.54, 1.807) is 40.1 Å². The molecule has 2 aliphatic rings. The van der Waals surface area contributed by atoms with Crippen LogP contribution in [-0.4, -0.2) is 48.4 Å². The molecule has 0 N–H and O–H groups in total. The Morgan fingerprint density at radius 2 is 1.81 bits per heavy atom. The van der Waals surface area contributed by atoms with Crippen molar-refractivity contribution in [2.45, 2.75) is 44.5 Å². The van der Waals surface area contributed by atoms with Crippen LogP contribution in [0.3, 0.4) is 0 Å². The van der Waals surface area contributed by atoms with Crippen molar-refractivity contribution in [2.24, 2.45) is 0 Å². The Bertz CT molecular complexity index is 1220. The van der Waals surface area contributed by atoms with Crippen LogP contribution in [0.15, 0.2) is 42.5 Å². The van der Waals surface area contributed by atoms with Gasteiger partial charge in [0, 0.05) is 43.6 Å². The number of unbranched alkanes of at least 4 members (excludes halogenated alkanes) is 1. The van der Waals surface area contributed by atoms with Crippen molar-refractivity contribution in [3.8, 4) is 6.07 Å². The molecular formula is C26H24F3N3O4. The smallest absolute Gasteiger partial charge is 0.435 e. The summed E-state index contributed by atoms with van der Waals surface area (Å²) < 4.78 is 43.8. The minimum absolute atomic E-state index is 0.0812. The van der Waals surface area contributed by atoms with Crippen molar-refractivity contribution in [1.82, 2.24) is 4.90 Å². The third kappa shape index (κ3) is 5.41. The molecule has 1 atom stereocenters. The Morgan fingerprint density at radius 3 is 2.56 bits per heavy atom. The van der Waals surface area contributed by atoms with Gasteiger partial charge in [0.1, 0.15) is 0 Å². The summed E-state index contributed by atoms with van der Waals surface area (Å²) in [6.07, 6.45) is -4.54. The molecular weight excluding hydrogens is 475 g/mol. The van der Waals surface area contributed by atoms with E-state index in [4.69, 9.17) is 10.00 Å². The molecule has 1 unspecified atom stereocenters. The summed E-state index contributed by atoms with van der Waals surface area (Å²) in [6.45, 7) is 1.03. The minimum Gasteiger partial charge on any atom is -0.435 e. The number of rotatable bonds is 6. The van der Waals surface area contributed by atoms with E-state index in [0.717, 1.165) is 0 Å². The Hall–Kier alpha value is -3.71. The number of alkyl halides is 3. The summed E-state index contributed by atoms with van der Waals surface area (Å²) in [5, 5.41) is 9.13. The molecule has 0 fully saturated rings. The van der Waals surface area contributed by atoms with Crippen LogP contribution in [-0.2, 0) is 20.7 Å². The molecule has 2 aliphatic heterocycles. The Labute approximate surface area is 206 Å². The van der Waals surface area contributed by atoms with Crippen LogP contribution < -0.4 is 4.90 Å². The van der Waals surface area contributed by atoms with Gasteiger partial charge in [0.05, 0.1) is 17.3 Å². The van der Waals surface area contributed by atoms with E-state index in [2.05, 4.69) is 0 Å². The van der Waals surface area contributed by atoms with E-state index in [1.165, 1.54) is 12.1 Å². The highest BCUT2D eigenvalue weighted by Crippen LogP contribution is 2.34. The molecule has 0 aromatic heterocycles. The standard InChI is InChI=1S/C26H24F3N3O4/c27-26(28,29)25(35)36-24-19-8-7-17(16-30)15-18(19)11-14-31(24)12-3-4-13-32-21-6-2-1-5-20(21)22(33)9-10-23(32)34/h1-2,5-8,15,24H,3-4,9-14H2. The highest BCUT2D eigenvalue weighted by Gasteiger charge is 2.44. The van der Waals surface area contributed by atoms with Gasteiger partial charge in [-0.1, -0.05) is 18.2 Å². The summed E-state index contributed by atoms with van der Waals surface area (Å²) in [5.41, 5.74) is 2.55. The number of ketones is 1. The zero-order chi connectivity index (χ0) is 25.9. The molecule has 10 heteroatoms. The van der Waals surface area contributed by atoms with Crippen LogP contribution in [0.2, 0.25) is 0 Å². The zero-order valence-electron chi connectivity index (χ0n) is 19.4. The highest BCUT2D eigenvalue weighted by molar-refractivity contribution is 6.10. The molecule has 1 amide bonds. The summed E-state index contributed by atoms with van der Waals surface area (Å²) in [6, 6.07) is 13.6. The van der Waals surface area contributed by atoms with Crippen LogP contribution in [0, 0.1) is 11.3 Å². The molecule has 0 radical (unpaired) electrons. The van der Waals surface area contributed by atoms with E-state index in [0.29, 0.717) is 66.8 Å². The maximum Gasteiger partial charge on any atom is 0.490 e. The summed E-state index contributed by atoms with van der Waals surface area (Å²) >= 11 is 0. The lowest BCUT2D eigenvalue weighted by Gasteiger charge is -2.36. The number of nitriles is 1. The first-order valence-corrected chi connectivity index (χ1v) is 11.7. The predicted octanol–water partition coefficient (Wildman–Crippen LogP) is 4.31. The highest BCUT2D eigenvalue weighted by atomic mass is 19.4. The number of carbonyl (C=O) groups is 3. The SMILES string of the molecule is N#Cc1ccc2c(c1)CCN(CCCCN1C(=O)CCC(=O)c3ccccc31)C2OC(=O)C(F)(F)F. The van der Waals surface area contributed by atoms with Crippen LogP contribution in [0.25, 0.3) is 0 Å². The first-order valence-electron chi connectivity index (χ1n) is 11.7. The fourth-order valence-electron chi connectivity index (χ4n) is 4.65. The largest absolute Gasteiger partial charge is 0.490 e. The monoisotopic (exact) mass is 499 g/mol. The average molecular weight is 499 g/mol. The summed E-state index contributed by atoms with van der Waals surface area (Å²) in [4.78, 5) is 39.9. The maximum atomic E-state index is 13.0. The van der Waals surface area contributed by atoms with Gasteiger partial charge in [-0.2, -0.15) is 18.4 Å². The normalized spacial score (nSPS) is 18.2. The van der Waals surface area contributed by atoms with Crippen molar-refractivity contribution >= 4 is 23.3 Å². The van der Waals surface area contributed by atoms with Gasteiger partial charge in [0.25, 0.3) is 0 Å². The Kier molecular flexibility index (Phi) is 7.40. The Balaban J connectivity index is 1.45. The lowest BCUT2D eigenvalue weighted by atomic mass is 9.95. The second-order valence-electron chi connectivity index (χ2n) is 8.76. The maximum absolute atomic E-state index is 13.0. The number of benzene rings is 2. The van der Waals surface area contributed by atoms with Gasteiger partial charge < -0.3 is 9.64 Å². The second kappa shape index (κ2) is 10.5. The number of halogens is 3. The number of hydrogen-bond acceptors (Lipinski definition) is 6. The topological polar surface area (TPSA) is 90.7 Å². The lowest BCUT2D eigenvalue weighted by molar-refractivity contribution is -0.214. The van der Waals surface area contributed by atoms with Gasteiger partial charge in [-0.05, 0) is 49.1 Å². The van der Waals surface area contributed by atoms with Gasteiger partial charge in [0.2, 0.25) is 5.91 Å². The predicted molar refractivity (Wildman–Crippen MR) is 123 cm³/mol. The molecule has 0 aliphatic carbocycles. The van der Waals surface area contributed by atoms with Gasteiger partial charge in [-0.25, -0.2) is 4.79 Å². The molecule has 2 aromatic carbocycles. The number of fused-ring (bicyclic) bond motifs is 2. The van der Waals surface area contributed by atoms with Crippen molar-refractivity contribution in [1.29, 1.82) is 5.26 Å². The van der Waals surface area contributed by atoms with Crippen molar-refractivity contribution in [3.63, 3.8) is 0 Å².